The minimum Gasteiger partial charge on any atom is -0.324 e. The van der Waals surface area contributed by atoms with Crippen LogP contribution in [0.5, 0.6) is 0 Å². The van der Waals surface area contributed by atoms with Crippen LogP contribution < -0.4 is 10.6 Å². The number of carbonyl (C=O) groups excluding carboxylic acids is 1. The molecule has 7 heteroatoms. The smallest absolute Gasteiger partial charge is 0.258 e. The molecule has 25 heavy (non-hydrogen) atoms. The lowest BCUT2D eigenvalue weighted by Gasteiger charge is -2.09. The first-order chi connectivity index (χ1) is 12.0. The molecule has 5 nitrogen and oxygen atoms in total. The first-order valence-electron chi connectivity index (χ1n) is 7.44. The lowest BCUT2D eigenvalue weighted by atomic mass is 10.2. The minimum absolute atomic E-state index is 0.298. The summed E-state index contributed by atoms with van der Waals surface area (Å²) in [5.41, 5.74) is 2.71. The van der Waals surface area contributed by atoms with Gasteiger partial charge in [-0.05, 0) is 48.9 Å². The van der Waals surface area contributed by atoms with Gasteiger partial charge in [-0.1, -0.05) is 29.3 Å². The molecule has 3 aromatic rings. The summed E-state index contributed by atoms with van der Waals surface area (Å²) in [5, 5.41) is 7.10. The number of nitrogens with zero attached hydrogens (tertiary/aromatic N) is 2. The van der Waals surface area contributed by atoms with Crippen molar-refractivity contribution in [2.45, 2.75) is 6.92 Å². The fourth-order valence-corrected chi connectivity index (χ4v) is 2.41. The molecule has 1 heterocycles. The van der Waals surface area contributed by atoms with E-state index in [1.54, 1.807) is 24.3 Å². The zero-order chi connectivity index (χ0) is 17.8. The highest BCUT2D eigenvalue weighted by atomic mass is 35.5. The van der Waals surface area contributed by atoms with Gasteiger partial charge >= 0.3 is 0 Å². The number of rotatable bonds is 4. The van der Waals surface area contributed by atoms with Crippen molar-refractivity contribution in [1.29, 1.82) is 0 Å². The summed E-state index contributed by atoms with van der Waals surface area (Å²) < 4.78 is 0. The topological polar surface area (TPSA) is 66.9 Å². The van der Waals surface area contributed by atoms with Gasteiger partial charge in [-0.25, -0.2) is 9.97 Å². The van der Waals surface area contributed by atoms with Crippen molar-refractivity contribution < 1.29 is 4.79 Å². The van der Waals surface area contributed by atoms with E-state index in [9.17, 15) is 4.79 Å². The van der Waals surface area contributed by atoms with Crippen LogP contribution in [0.25, 0.3) is 0 Å². The molecule has 0 atom stereocenters. The Morgan fingerprint density at radius 3 is 2.36 bits per heavy atom. The number of hydrogen-bond donors (Lipinski definition) is 2. The SMILES string of the molecule is Cc1c(Cl)cccc1Nc1ncc(C(=O)Nc2ccc(Cl)cc2)cn1. The third-order valence-electron chi connectivity index (χ3n) is 3.53. The summed E-state index contributed by atoms with van der Waals surface area (Å²) in [6.45, 7) is 1.90. The summed E-state index contributed by atoms with van der Waals surface area (Å²) in [5.74, 6) is 0.0845. The van der Waals surface area contributed by atoms with E-state index in [2.05, 4.69) is 20.6 Å². The van der Waals surface area contributed by atoms with Crippen LogP contribution in [0.2, 0.25) is 10.0 Å². The maximum Gasteiger partial charge on any atom is 0.258 e. The third-order valence-corrected chi connectivity index (χ3v) is 4.19. The number of aromatic nitrogens is 2. The first kappa shape index (κ1) is 17.2. The van der Waals surface area contributed by atoms with Gasteiger partial charge in [-0.2, -0.15) is 0 Å². The van der Waals surface area contributed by atoms with E-state index in [1.165, 1.54) is 12.4 Å². The highest BCUT2D eigenvalue weighted by Crippen LogP contribution is 2.24. The van der Waals surface area contributed by atoms with Crippen LogP contribution in [-0.4, -0.2) is 15.9 Å². The van der Waals surface area contributed by atoms with Gasteiger partial charge in [0.15, 0.2) is 0 Å². The predicted octanol–water partition coefficient (Wildman–Crippen LogP) is 5.09. The number of amides is 1. The Kier molecular flexibility index (Phi) is 5.16. The summed E-state index contributed by atoms with van der Waals surface area (Å²) in [6, 6.07) is 12.4. The van der Waals surface area contributed by atoms with Gasteiger partial charge in [-0.3, -0.25) is 4.79 Å². The van der Waals surface area contributed by atoms with Crippen molar-refractivity contribution >= 4 is 46.4 Å². The Balaban J connectivity index is 1.70. The molecule has 0 bridgehead atoms. The fraction of sp³-hybridized carbons (Fsp3) is 0.0556. The van der Waals surface area contributed by atoms with Gasteiger partial charge in [0, 0.05) is 33.8 Å². The zero-order valence-corrected chi connectivity index (χ0v) is 14.8. The molecule has 1 amide bonds. The minimum atomic E-state index is -0.298. The average molecular weight is 373 g/mol. The number of nitrogens with one attached hydrogen (secondary N) is 2. The van der Waals surface area contributed by atoms with Crippen molar-refractivity contribution in [1.82, 2.24) is 9.97 Å². The largest absolute Gasteiger partial charge is 0.324 e. The van der Waals surface area contributed by atoms with Gasteiger partial charge in [0.25, 0.3) is 5.91 Å². The molecule has 0 radical (unpaired) electrons. The number of hydrogen-bond acceptors (Lipinski definition) is 4. The number of anilines is 3. The van der Waals surface area contributed by atoms with E-state index in [0.717, 1.165) is 11.3 Å². The predicted molar refractivity (Wildman–Crippen MR) is 101 cm³/mol. The summed E-state index contributed by atoms with van der Waals surface area (Å²) in [6.07, 6.45) is 2.92. The lowest BCUT2D eigenvalue weighted by Crippen LogP contribution is -2.13. The number of halogens is 2. The van der Waals surface area contributed by atoms with Crippen molar-refractivity contribution in [2.24, 2.45) is 0 Å². The molecule has 3 rings (SSSR count). The van der Waals surface area contributed by atoms with Crippen LogP contribution in [0.15, 0.2) is 54.9 Å². The maximum absolute atomic E-state index is 12.2. The molecule has 0 aliphatic carbocycles. The number of carbonyl (C=O) groups is 1. The van der Waals surface area contributed by atoms with E-state index >= 15 is 0 Å². The van der Waals surface area contributed by atoms with Crippen molar-refractivity contribution in [3.05, 3.63) is 76.0 Å². The highest BCUT2D eigenvalue weighted by Gasteiger charge is 2.09. The fourth-order valence-electron chi connectivity index (χ4n) is 2.11. The Hall–Kier alpha value is -2.63. The quantitative estimate of drug-likeness (QED) is 0.669. The molecule has 2 aromatic carbocycles. The molecular weight excluding hydrogens is 359 g/mol. The normalized spacial score (nSPS) is 10.4. The molecule has 0 fully saturated rings. The first-order valence-corrected chi connectivity index (χ1v) is 8.19. The molecule has 0 aliphatic rings. The molecule has 0 unspecified atom stereocenters. The van der Waals surface area contributed by atoms with Crippen LogP contribution in [0, 0.1) is 6.92 Å². The second kappa shape index (κ2) is 7.51. The summed E-state index contributed by atoms with van der Waals surface area (Å²) >= 11 is 11.9. The molecule has 2 N–H and O–H groups in total. The van der Waals surface area contributed by atoms with E-state index in [1.807, 2.05) is 25.1 Å². The Bertz CT molecular complexity index is 896. The van der Waals surface area contributed by atoms with Crippen LogP contribution in [0.4, 0.5) is 17.3 Å². The Morgan fingerprint density at radius 2 is 1.68 bits per heavy atom. The molecule has 0 spiro atoms. The average Bonchev–Trinajstić information content (AvgIpc) is 2.61. The second-order valence-corrected chi connectivity index (χ2v) is 6.14. The molecule has 0 saturated heterocycles. The van der Waals surface area contributed by atoms with Crippen LogP contribution in [0.3, 0.4) is 0 Å². The molecule has 126 valence electrons. The summed E-state index contributed by atoms with van der Waals surface area (Å²) in [4.78, 5) is 20.6. The van der Waals surface area contributed by atoms with Crippen LogP contribution in [0.1, 0.15) is 15.9 Å². The van der Waals surface area contributed by atoms with E-state index in [-0.39, 0.29) is 5.91 Å². The Morgan fingerprint density at radius 1 is 1.00 bits per heavy atom. The van der Waals surface area contributed by atoms with Crippen LogP contribution in [-0.2, 0) is 0 Å². The summed E-state index contributed by atoms with van der Waals surface area (Å²) in [7, 11) is 0. The van der Waals surface area contributed by atoms with E-state index < -0.39 is 0 Å². The maximum atomic E-state index is 12.2. The van der Waals surface area contributed by atoms with Gasteiger partial charge in [-0.15, -0.1) is 0 Å². The Labute approximate surface area is 155 Å². The third kappa shape index (κ3) is 4.26. The molecular formula is C18H14Cl2N4O. The van der Waals surface area contributed by atoms with Gasteiger partial charge in [0.1, 0.15) is 0 Å². The molecule has 1 aromatic heterocycles. The van der Waals surface area contributed by atoms with Gasteiger partial charge < -0.3 is 10.6 Å². The molecule has 0 aliphatic heterocycles. The van der Waals surface area contributed by atoms with E-state index in [4.69, 9.17) is 23.2 Å². The van der Waals surface area contributed by atoms with E-state index in [0.29, 0.717) is 27.2 Å². The van der Waals surface area contributed by atoms with Crippen molar-refractivity contribution in [3.8, 4) is 0 Å². The van der Waals surface area contributed by atoms with Crippen molar-refractivity contribution in [2.75, 3.05) is 10.6 Å². The zero-order valence-electron chi connectivity index (χ0n) is 13.3. The number of benzene rings is 2. The highest BCUT2D eigenvalue weighted by molar-refractivity contribution is 6.31. The van der Waals surface area contributed by atoms with Crippen molar-refractivity contribution in [3.63, 3.8) is 0 Å². The standard InChI is InChI=1S/C18H14Cl2N4O/c1-11-15(20)3-2-4-16(11)24-18-21-9-12(10-22-18)17(25)23-14-7-5-13(19)6-8-14/h2-10H,1H3,(H,23,25)(H,21,22,24). The lowest BCUT2D eigenvalue weighted by molar-refractivity contribution is 0.102. The molecule has 0 saturated carbocycles. The monoisotopic (exact) mass is 372 g/mol. The van der Waals surface area contributed by atoms with Gasteiger partial charge in [0.2, 0.25) is 5.95 Å². The van der Waals surface area contributed by atoms with Crippen LogP contribution >= 0.6 is 23.2 Å². The van der Waals surface area contributed by atoms with Gasteiger partial charge in [0.05, 0.1) is 5.56 Å². The second-order valence-electron chi connectivity index (χ2n) is 5.29.